The van der Waals surface area contributed by atoms with Gasteiger partial charge in [0, 0.05) is 47.6 Å². The maximum atomic E-state index is 12.8. The molecule has 2 heterocycles. The molecule has 0 spiro atoms. The first-order valence-electron chi connectivity index (χ1n) is 9.50. The van der Waals surface area contributed by atoms with Gasteiger partial charge in [-0.25, -0.2) is 9.67 Å². The van der Waals surface area contributed by atoms with Crippen LogP contribution in [-0.2, 0) is 16.8 Å². The van der Waals surface area contributed by atoms with Gasteiger partial charge in [-0.2, -0.15) is 5.10 Å². The van der Waals surface area contributed by atoms with E-state index in [1.165, 1.54) is 28.7 Å². The van der Waals surface area contributed by atoms with Crippen molar-refractivity contribution in [2.45, 2.75) is 25.8 Å². The molecule has 1 aliphatic rings. The molecule has 0 bridgehead atoms. The summed E-state index contributed by atoms with van der Waals surface area (Å²) in [5, 5.41) is 15.1. The maximum Gasteiger partial charge on any atom is 0.269 e. The highest BCUT2D eigenvalue weighted by atomic mass is 16.6. The summed E-state index contributed by atoms with van der Waals surface area (Å²) < 4.78 is 1.48. The Morgan fingerprint density at radius 1 is 1.17 bits per heavy atom. The Hall–Kier alpha value is -3.81. The van der Waals surface area contributed by atoms with Crippen molar-refractivity contribution in [3.05, 3.63) is 82.3 Å². The number of hydrogen-bond acceptors (Lipinski definition) is 6. The van der Waals surface area contributed by atoms with E-state index in [0.29, 0.717) is 11.4 Å². The van der Waals surface area contributed by atoms with Crippen LogP contribution in [-0.4, -0.2) is 32.5 Å². The molecule has 152 valence electrons. The van der Waals surface area contributed by atoms with Crippen LogP contribution in [0, 0.1) is 10.1 Å². The van der Waals surface area contributed by atoms with Gasteiger partial charge in [0.25, 0.3) is 5.69 Å². The van der Waals surface area contributed by atoms with Crippen molar-refractivity contribution in [3.8, 4) is 11.4 Å². The molecule has 4 rings (SSSR count). The van der Waals surface area contributed by atoms with Gasteiger partial charge in [-0.15, -0.1) is 0 Å². The summed E-state index contributed by atoms with van der Waals surface area (Å²) >= 11 is 0. The maximum absolute atomic E-state index is 12.8. The van der Waals surface area contributed by atoms with Crippen LogP contribution in [0.5, 0.6) is 0 Å². The summed E-state index contributed by atoms with van der Waals surface area (Å²) in [7, 11) is 1.97. The third-order valence-corrected chi connectivity index (χ3v) is 5.43. The molecule has 1 aliphatic heterocycles. The quantitative estimate of drug-likeness (QED) is 0.366. The lowest BCUT2D eigenvalue weighted by atomic mass is 9.83. The second-order valence-electron chi connectivity index (χ2n) is 7.77. The molecule has 3 aromatic rings. The molecule has 0 radical (unpaired) electrons. The van der Waals surface area contributed by atoms with Crippen LogP contribution in [0.15, 0.2) is 66.6 Å². The number of non-ortho nitro benzene ring substituents is 1. The number of benzene rings is 2. The average Bonchev–Trinajstić information content (AvgIpc) is 3.26. The Morgan fingerprint density at radius 3 is 2.53 bits per heavy atom. The largest absolute Gasteiger partial charge is 0.347 e. The van der Waals surface area contributed by atoms with E-state index < -0.39 is 4.92 Å². The summed E-state index contributed by atoms with van der Waals surface area (Å²) in [5.74, 6) is 0.328. The van der Waals surface area contributed by atoms with Gasteiger partial charge in [-0.05, 0) is 23.8 Å². The van der Waals surface area contributed by atoms with Crippen LogP contribution in [0.3, 0.4) is 0 Å². The van der Waals surface area contributed by atoms with Crippen molar-refractivity contribution < 1.29 is 9.72 Å². The number of para-hydroxylation sites is 1. The first-order chi connectivity index (χ1) is 14.3. The van der Waals surface area contributed by atoms with Crippen LogP contribution >= 0.6 is 0 Å². The Kier molecular flexibility index (Phi) is 4.69. The summed E-state index contributed by atoms with van der Waals surface area (Å²) in [5.41, 5.74) is 3.61. The van der Waals surface area contributed by atoms with E-state index in [2.05, 4.69) is 41.0 Å². The van der Waals surface area contributed by atoms with Gasteiger partial charge in [0.1, 0.15) is 12.9 Å². The summed E-state index contributed by atoms with van der Waals surface area (Å²) in [6, 6.07) is 14.1. The number of carbonyl (C=O) groups is 1. The van der Waals surface area contributed by atoms with Crippen molar-refractivity contribution in [2.24, 2.45) is 0 Å². The fourth-order valence-electron chi connectivity index (χ4n) is 3.85. The van der Waals surface area contributed by atoms with Gasteiger partial charge in [0.05, 0.1) is 4.92 Å². The molecule has 0 saturated heterocycles. The van der Waals surface area contributed by atoms with Gasteiger partial charge in [0.2, 0.25) is 0 Å². The zero-order valence-electron chi connectivity index (χ0n) is 16.9. The average molecular weight is 403 g/mol. The first kappa shape index (κ1) is 19.5. The summed E-state index contributed by atoms with van der Waals surface area (Å²) in [6.07, 6.45) is 3.17. The number of nitrogens with zero attached hydrogens (tertiary/aromatic N) is 5. The predicted molar refractivity (Wildman–Crippen MR) is 113 cm³/mol. The number of ketones is 1. The zero-order chi connectivity index (χ0) is 21.5. The minimum atomic E-state index is -0.457. The predicted octanol–water partition coefficient (Wildman–Crippen LogP) is 3.73. The molecule has 8 nitrogen and oxygen atoms in total. The number of nitro benzene ring substituents is 1. The fourth-order valence-corrected chi connectivity index (χ4v) is 3.85. The minimum absolute atomic E-state index is 0.00396. The molecule has 0 unspecified atom stereocenters. The fraction of sp³-hybridized carbons (Fsp3) is 0.227. The highest BCUT2D eigenvalue weighted by molar-refractivity contribution is 5.92. The molecule has 1 aromatic heterocycles. The Bertz CT molecular complexity index is 1160. The molecular weight excluding hydrogens is 382 g/mol. The molecule has 0 atom stereocenters. The zero-order valence-corrected chi connectivity index (χ0v) is 16.9. The van der Waals surface area contributed by atoms with Crippen LogP contribution in [0.1, 0.15) is 19.4 Å². The Labute approximate surface area is 173 Å². The van der Waals surface area contributed by atoms with Crippen LogP contribution in [0.25, 0.3) is 11.4 Å². The Morgan fingerprint density at radius 2 is 1.87 bits per heavy atom. The standard InChI is InChI=1S/C22H21N5O3/c1-22(2)18-6-4-5-7-19(18)25(3)20(22)12-17(28)13-26-14-23-21(24-26)15-8-10-16(11-9-15)27(29)30/h4-12,14H,13H2,1-3H3/b20-12-. The molecule has 30 heavy (non-hydrogen) atoms. The topological polar surface area (TPSA) is 94.2 Å². The van der Waals surface area contributed by atoms with Crippen LogP contribution < -0.4 is 4.90 Å². The third-order valence-electron chi connectivity index (χ3n) is 5.43. The normalized spacial score (nSPS) is 16.0. The molecule has 0 aliphatic carbocycles. The van der Waals surface area contributed by atoms with E-state index in [1.54, 1.807) is 18.2 Å². The Balaban J connectivity index is 1.52. The second kappa shape index (κ2) is 7.22. The number of likely N-dealkylation sites (N-methyl/N-ethyl adjacent to an activating group) is 1. The van der Waals surface area contributed by atoms with Crippen molar-refractivity contribution in [3.63, 3.8) is 0 Å². The minimum Gasteiger partial charge on any atom is -0.347 e. The van der Waals surface area contributed by atoms with E-state index in [-0.39, 0.29) is 23.4 Å². The lowest BCUT2D eigenvalue weighted by Crippen LogP contribution is -2.24. The van der Waals surface area contributed by atoms with Crippen molar-refractivity contribution in [1.29, 1.82) is 0 Å². The highest BCUT2D eigenvalue weighted by Gasteiger charge is 2.38. The van der Waals surface area contributed by atoms with Gasteiger partial charge < -0.3 is 4.90 Å². The first-order valence-corrected chi connectivity index (χ1v) is 9.50. The number of allylic oxidation sites excluding steroid dienone is 2. The van der Waals surface area contributed by atoms with E-state index in [0.717, 1.165) is 11.4 Å². The lowest BCUT2D eigenvalue weighted by molar-refractivity contribution is -0.384. The number of carbonyl (C=O) groups excluding carboxylic acids is 1. The molecular formula is C22H21N5O3. The molecule has 0 N–H and O–H groups in total. The van der Waals surface area contributed by atoms with E-state index in [1.807, 2.05) is 19.2 Å². The number of rotatable bonds is 5. The number of fused-ring (bicyclic) bond motifs is 1. The number of nitro groups is 1. The smallest absolute Gasteiger partial charge is 0.269 e. The monoisotopic (exact) mass is 403 g/mol. The molecule has 0 saturated carbocycles. The number of hydrogen-bond donors (Lipinski definition) is 0. The summed E-state index contributed by atoms with van der Waals surface area (Å²) in [6.45, 7) is 4.27. The van der Waals surface area contributed by atoms with Crippen molar-refractivity contribution >= 4 is 17.2 Å². The molecule has 0 fully saturated rings. The van der Waals surface area contributed by atoms with E-state index in [9.17, 15) is 14.9 Å². The van der Waals surface area contributed by atoms with Gasteiger partial charge >= 0.3 is 0 Å². The third kappa shape index (κ3) is 3.36. The van der Waals surface area contributed by atoms with Crippen LogP contribution in [0.4, 0.5) is 11.4 Å². The molecule has 2 aromatic carbocycles. The second-order valence-corrected chi connectivity index (χ2v) is 7.77. The lowest BCUT2D eigenvalue weighted by Gasteiger charge is -2.23. The van der Waals surface area contributed by atoms with Gasteiger partial charge in [-0.1, -0.05) is 32.0 Å². The van der Waals surface area contributed by atoms with Gasteiger partial charge in [0.15, 0.2) is 11.6 Å². The van der Waals surface area contributed by atoms with Gasteiger partial charge in [-0.3, -0.25) is 14.9 Å². The number of aromatic nitrogens is 3. The SMILES string of the molecule is CN1/C(=C\C(=O)Cn2cnc(-c3ccc([N+](=O)[O-])cc3)n2)C(C)(C)c2ccccc21. The van der Waals surface area contributed by atoms with Crippen molar-refractivity contribution in [2.75, 3.05) is 11.9 Å². The molecule has 8 heteroatoms. The van der Waals surface area contributed by atoms with Crippen LogP contribution in [0.2, 0.25) is 0 Å². The summed E-state index contributed by atoms with van der Waals surface area (Å²) in [4.78, 5) is 29.3. The van der Waals surface area contributed by atoms with Crippen molar-refractivity contribution in [1.82, 2.24) is 14.8 Å². The number of anilines is 1. The highest BCUT2D eigenvalue weighted by Crippen LogP contribution is 2.46. The van der Waals surface area contributed by atoms with E-state index in [4.69, 9.17) is 0 Å². The van der Waals surface area contributed by atoms with E-state index >= 15 is 0 Å². The molecule has 0 amide bonds.